The van der Waals surface area contributed by atoms with Gasteiger partial charge in [-0.1, -0.05) is 25.4 Å². The number of piperidine rings is 1. The minimum Gasteiger partial charge on any atom is -0.338 e. The molecule has 0 radical (unpaired) electrons. The number of halogens is 1. The van der Waals surface area contributed by atoms with E-state index in [-0.39, 0.29) is 33.6 Å². The molecular formula is C14H18ClN3O3. The Balaban J connectivity index is 2.23. The zero-order valence-corrected chi connectivity index (χ0v) is 12.8. The van der Waals surface area contributed by atoms with Crippen molar-refractivity contribution in [2.75, 3.05) is 13.1 Å². The molecule has 0 saturated carbocycles. The third-order valence-corrected chi connectivity index (χ3v) is 4.31. The average molecular weight is 312 g/mol. The Morgan fingerprint density at radius 3 is 2.71 bits per heavy atom. The van der Waals surface area contributed by atoms with Gasteiger partial charge in [0, 0.05) is 31.3 Å². The Morgan fingerprint density at radius 2 is 2.19 bits per heavy atom. The number of rotatable bonds is 2. The third-order valence-electron chi connectivity index (χ3n) is 3.99. The van der Waals surface area contributed by atoms with Gasteiger partial charge in [0.05, 0.1) is 15.5 Å². The fraction of sp³-hybridized carbons (Fsp3) is 0.500. The maximum atomic E-state index is 12.5. The van der Waals surface area contributed by atoms with Gasteiger partial charge in [-0.2, -0.15) is 0 Å². The summed E-state index contributed by atoms with van der Waals surface area (Å²) in [5.41, 5.74) is 6.05. The minimum absolute atomic E-state index is 0.0499. The van der Waals surface area contributed by atoms with Crippen molar-refractivity contribution in [3.05, 3.63) is 38.9 Å². The Hall–Kier alpha value is -1.66. The number of nitro groups is 1. The van der Waals surface area contributed by atoms with Crippen LogP contribution in [0.4, 0.5) is 5.69 Å². The van der Waals surface area contributed by atoms with Crippen molar-refractivity contribution in [3.63, 3.8) is 0 Å². The van der Waals surface area contributed by atoms with Crippen LogP contribution in [0.15, 0.2) is 18.2 Å². The molecule has 1 saturated heterocycles. The Morgan fingerprint density at radius 1 is 1.52 bits per heavy atom. The number of nitrogens with zero attached hydrogens (tertiary/aromatic N) is 2. The largest absolute Gasteiger partial charge is 0.338 e. The maximum Gasteiger partial charge on any atom is 0.270 e. The van der Waals surface area contributed by atoms with Crippen LogP contribution in [-0.4, -0.2) is 34.9 Å². The van der Waals surface area contributed by atoms with Gasteiger partial charge in [-0.3, -0.25) is 14.9 Å². The van der Waals surface area contributed by atoms with Gasteiger partial charge in [-0.05, 0) is 17.9 Å². The second kappa shape index (κ2) is 5.61. The zero-order valence-electron chi connectivity index (χ0n) is 12.0. The number of nitrogens with two attached hydrogens (primary N) is 1. The molecule has 0 bridgehead atoms. The van der Waals surface area contributed by atoms with Crippen LogP contribution in [0.25, 0.3) is 0 Å². The number of non-ortho nitro benzene ring substituents is 1. The van der Waals surface area contributed by atoms with Crippen molar-refractivity contribution in [2.24, 2.45) is 11.1 Å². The van der Waals surface area contributed by atoms with E-state index in [1.807, 2.05) is 13.8 Å². The molecule has 21 heavy (non-hydrogen) atoms. The first-order valence-corrected chi connectivity index (χ1v) is 7.09. The number of carbonyl (C=O) groups excluding carboxylic acids is 1. The smallest absolute Gasteiger partial charge is 0.270 e. The summed E-state index contributed by atoms with van der Waals surface area (Å²) in [5, 5.41) is 10.8. The summed E-state index contributed by atoms with van der Waals surface area (Å²) < 4.78 is 0. The average Bonchev–Trinajstić information content (AvgIpc) is 2.40. The maximum absolute atomic E-state index is 12.5. The summed E-state index contributed by atoms with van der Waals surface area (Å²) in [7, 11) is 0. The molecule has 1 aromatic carbocycles. The lowest BCUT2D eigenvalue weighted by Gasteiger charge is -2.42. The highest BCUT2D eigenvalue weighted by Crippen LogP contribution is 2.30. The monoisotopic (exact) mass is 311 g/mol. The first-order valence-electron chi connectivity index (χ1n) is 6.71. The van der Waals surface area contributed by atoms with Gasteiger partial charge in [0.15, 0.2) is 0 Å². The molecule has 1 fully saturated rings. The molecule has 1 heterocycles. The standard InChI is InChI=1S/C14H18ClN3O3/c1-14(2)8-17(6-5-12(14)16)13(19)10-4-3-9(18(20)21)7-11(10)15/h3-4,7,12H,5-6,8,16H2,1-2H3. The topological polar surface area (TPSA) is 89.5 Å². The molecule has 0 aliphatic carbocycles. The lowest BCUT2D eigenvalue weighted by atomic mass is 9.79. The number of benzene rings is 1. The van der Waals surface area contributed by atoms with Crippen LogP contribution in [0, 0.1) is 15.5 Å². The van der Waals surface area contributed by atoms with Crippen LogP contribution in [0.3, 0.4) is 0 Å². The summed E-state index contributed by atoms with van der Waals surface area (Å²) in [6.45, 7) is 5.15. The number of carbonyl (C=O) groups is 1. The van der Waals surface area contributed by atoms with E-state index >= 15 is 0 Å². The van der Waals surface area contributed by atoms with E-state index < -0.39 is 4.92 Å². The molecule has 1 aromatic rings. The molecule has 2 rings (SSSR count). The normalized spacial score (nSPS) is 21.1. The molecule has 1 atom stereocenters. The van der Waals surface area contributed by atoms with Crippen LogP contribution >= 0.6 is 11.6 Å². The summed E-state index contributed by atoms with van der Waals surface area (Å²) in [4.78, 5) is 24.4. The molecule has 7 heteroatoms. The molecule has 2 N–H and O–H groups in total. The Kier molecular flexibility index (Phi) is 4.20. The molecule has 0 spiro atoms. The first kappa shape index (κ1) is 15.7. The predicted octanol–water partition coefficient (Wildman–Crippen LogP) is 2.45. The lowest BCUT2D eigenvalue weighted by molar-refractivity contribution is -0.384. The third kappa shape index (κ3) is 3.16. The highest BCUT2D eigenvalue weighted by molar-refractivity contribution is 6.34. The minimum atomic E-state index is -0.539. The quantitative estimate of drug-likeness (QED) is 0.671. The van der Waals surface area contributed by atoms with Gasteiger partial charge in [0.25, 0.3) is 11.6 Å². The van der Waals surface area contributed by atoms with Gasteiger partial charge in [-0.15, -0.1) is 0 Å². The molecule has 114 valence electrons. The number of hydrogen-bond acceptors (Lipinski definition) is 4. The van der Waals surface area contributed by atoms with Gasteiger partial charge < -0.3 is 10.6 Å². The predicted molar refractivity (Wildman–Crippen MR) is 80.4 cm³/mol. The van der Waals surface area contributed by atoms with E-state index in [1.165, 1.54) is 18.2 Å². The molecule has 0 aromatic heterocycles. The van der Waals surface area contributed by atoms with E-state index in [0.29, 0.717) is 13.1 Å². The molecular weight excluding hydrogens is 294 g/mol. The van der Waals surface area contributed by atoms with Crippen molar-refractivity contribution in [3.8, 4) is 0 Å². The summed E-state index contributed by atoms with van der Waals surface area (Å²) in [6.07, 6.45) is 0.726. The van der Waals surface area contributed by atoms with Crippen molar-refractivity contribution in [1.82, 2.24) is 4.90 Å². The number of amides is 1. The van der Waals surface area contributed by atoms with Crippen LogP contribution in [0.1, 0.15) is 30.6 Å². The summed E-state index contributed by atoms with van der Waals surface area (Å²) in [5.74, 6) is -0.213. The number of nitro benzene ring substituents is 1. The first-order chi connectivity index (χ1) is 9.72. The SMILES string of the molecule is CC1(C)CN(C(=O)c2ccc([N+](=O)[O-])cc2Cl)CCC1N. The second-order valence-corrected chi connectivity index (χ2v) is 6.44. The van der Waals surface area contributed by atoms with E-state index in [9.17, 15) is 14.9 Å². The van der Waals surface area contributed by atoms with Crippen LogP contribution in [-0.2, 0) is 0 Å². The molecule has 6 nitrogen and oxygen atoms in total. The fourth-order valence-corrected chi connectivity index (χ4v) is 2.76. The molecule has 1 aliphatic rings. The van der Waals surface area contributed by atoms with Gasteiger partial charge >= 0.3 is 0 Å². The molecule has 1 amide bonds. The highest BCUT2D eigenvalue weighted by atomic mass is 35.5. The van der Waals surface area contributed by atoms with Crippen molar-refractivity contribution < 1.29 is 9.72 Å². The number of likely N-dealkylation sites (tertiary alicyclic amines) is 1. The lowest BCUT2D eigenvalue weighted by Crippen LogP contribution is -2.54. The van der Waals surface area contributed by atoms with Gasteiger partial charge in [-0.25, -0.2) is 0 Å². The summed E-state index contributed by atoms with van der Waals surface area (Å²) >= 11 is 6.01. The van der Waals surface area contributed by atoms with Crippen molar-refractivity contribution in [1.29, 1.82) is 0 Å². The van der Waals surface area contributed by atoms with Gasteiger partial charge in [0.1, 0.15) is 0 Å². The fourth-order valence-electron chi connectivity index (χ4n) is 2.51. The van der Waals surface area contributed by atoms with Crippen molar-refractivity contribution in [2.45, 2.75) is 26.3 Å². The highest BCUT2D eigenvalue weighted by Gasteiger charge is 2.36. The molecule has 1 unspecified atom stereocenters. The van der Waals surface area contributed by atoms with Crippen LogP contribution < -0.4 is 5.73 Å². The van der Waals surface area contributed by atoms with E-state index in [0.717, 1.165) is 6.42 Å². The van der Waals surface area contributed by atoms with E-state index in [4.69, 9.17) is 17.3 Å². The van der Waals surface area contributed by atoms with Gasteiger partial charge in [0.2, 0.25) is 0 Å². The molecule has 1 aliphatic heterocycles. The number of hydrogen-bond donors (Lipinski definition) is 1. The van der Waals surface area contributed by atoms with E-state index in [2.05, 4.69) is 0 Å². The Labute approximate surface area is 128 Å². The summed E-state index contributed by atoms with van der Waals surface area (Å²) in [6, 6.07) is 3.95. The zero-order chi connectivity index (χ0) is 15.8. The van der Waals surface area contributed by atoms with Crippen molar-refractivity contribution >= 4 is 23.2 Å². The second-order valence-electron chi connectivity index (χ2n) is 6.03. The van der Waals surface area contributed by atoms with Crippen LogP contribution in [0.5, 0.6) is 0 Å². The van der Waals surface area contributed by atoms with E-state index in [1.54, 1.807) is 4.90 Å². The van der Waals surface area contributed by atoms with Crippen LogP contribution in [0.2, 0.25) is 5.02 Å². The Bertz CT molecular complexity index is 589.